The Hall–Kier alpha value is -4.07. The molecule has 1 aliphatic rings. The van der Waals surface area contributed by atoms with E-state index in [1.54, 1.807) is 6.20 Å². The van der Waals surface area contributed by atoms with Crippen LogP contribution < -0.4 is 10.1 Å². The minimum Gasteiger partial charge on any atom is -0.487 e. The lowest BCUT2D eigenvalue weighted by Crippen LogP contribution is -2.34. The van der Waals surface area contributed by atoms with Gasteiger partial charge in [0, 0.05) is 35.0 Å². The normalized spacial score (nSPS) is 14.4. The molecule has 0 bridgehead atoms. The van der Waals surface area contributed by atoms with Gasteiger partial charge in [0.1, 0.15) is 17.7 Å². The van der Waals surface area contributed by atoms with E-state index in [4.69, 9.17) is 4.74 Å². The zero-order chi connectivity index (χ0) is 25.4. The fraction of sp³-hybridized carbons (Fsp3) is 0.286. The van der Waals surface area contributed by atoms with Crippen molar-refractivity contribution in [2.75, 3.05) is 6.54 Å². The van der Waals surface area contributed by atoms with E-state index in [-0.39, 0.29) is 17.8 Å². The van der Waals surface area contributed by atoms with Gasteiger partial charge < -0.3 is 10.1 Å². The van der Waals surface area contributed by atoms with Crippen LogP contribution in [0.2, 0.25) is 0 Å². The number of carbonyl (C=O) groups excluding carboxylic acids is 1. The van der Waals surface area contributed by atoms with Crippen LogP contribution >= 0.6 is 0 Å². The highest BCUT2D eigenvalue weighted by molar-refractivity contribution is 5.94. The van der Waals surface area contributed by atoms with Gasteiger partial charge in [-0.15, -0.1) is 0 Å². The lowest BCUT2D eigenvalue weighted by atomic mass is 10.0. The SMILES string of the molecule is Cc1cnc(C)c(-c2cc(F)cc3c2OC(CNC(=O)c2ccc(Cn4nc(C)cc4C)cc2)C3)n1. The van der Waals surface area contributed by atoms with Gasteiger partial charge in [-0.3, -0.25) is 14.5 Å². The third-order valence-electron chi connectivity index (χ3n) is 6.34. The third-order valence-corrected chi connectivity index (χ3v) is 6.34. The number of amides is 1. The molecule has 4 aromatic rings. The average molecular weight is 486 g/mol. The van der Waals surface area contributed by atoms with Crippen molar-refractivity contribution in [2.45, 2.75) is 46.8 Å². The average Bonchev–Trinajstić information content (AvgIpc) is 3.40. The fourth-order valence-corrected chi connectivity index (χ4v) is 4.55. The molecule has 1 unspecified atom stereocenters. The maximum atomic E-state index is 14.4. The summed E-state index contributed by atoms with van der Waals surface area (Å²) in [7, 11) is 0. The molecule has 2 aromatic heterocycles. The topological polar surface area (TPSA) is 81.9 Å². The number of rotatable bonds is 6. The quantitative estimate of drug-likeness (QED) is 0.435. The smallest absolute Gasteiger partial charge is 0.251 e. The van der Waals surface area contributed by atoms with E-state index in [2.05, 4.69) is 20.4 Å². The summed E-state index contributed by atoms with van der Waals surface area (Å²) in [5.41, 5.74) is 7.13. The molecule has 2 aromatic carbocycles. The van der Waals surface area contributed by atoms with Crippen LogP contribution in [-0.4, -0.2) is 38.3 Å². The first kappa shape index (κ1) is 23.7. The van der Waals surface area contributed by atoms with Crippen molar-refractivity contribution in [3.05, 3.63) is 93.9 Å². The van der Waals surface area contributed by atoms with Crippen LogP contribution in [0.4, 0.5) is 4.39 Å². The maximum Gasteiger partial charge on any atom is 0.251 e. The second kappa shape index (κ2) is 9.53. The first-order chi connectivity index (χ1) is 17.3. The van der Waals surface area contributed by atoms with E-state index in [1.165, 1.54) is 12.1 Å². The van der Waals surface area contributed by atoms with E-state index in [1.807, 2.05) is 62.7 Å². The first-order valence-electron chi connectivity index (χ1n) is 11.9. The lowest BCUT2D eigenvalue weighted by Gasteiger charge is -2.14. The van der Waals surface area contributed by atoms with Gasteiger partial charge in [-0.1, -0.05) is 12.1 Å². The molecule has 8 heteroatoms. The fourth-order valence-electron chi connectivity index (χ4n) is 4.55. The molecular formula is C28H28FN5O2. The largest absolute Gasteiger partial charge is 0.487 e. The summed E-state index contributed by atoms with van der Waals surface area (Å²) < 4.78 is 22.5. The van der Waals surface area contributed by atoms with Crippen LogP contribution in [0.15, 0.2) is 48.7 Å². The minimum atomic E-state index is -0.347. The minimum absolute atomic E-state index is 0.181. The molecule has 5 rings (SSSR count). The molecule has 0 spiro atoms. The van der Waals surface area contributed by atoms with E-state index < -0.39 is 0 Å². The second-order valence-electron chi connectivity index (χ2n) is 9.32. The molecule has 36 heavy (non-hydrogen) atoms. The zero-order valence-corrected chi connectivity index (χ0v) is 20.8. The predicted molar refractivity (Wildman–Crippen MR) is 135 cm³/mol. The molecule has 184 valence electrons. The summed E-state index contributed by atoms with van der Waals surface area (Å²) >= 11 is 0. The van der Waals surface area contributed by atoms with Crippen LogP contribution in [-0.2, 0) is 13.0 Å². The Morgan fingerprint density at radius 3 is 2.61 bits per heavy atom. The van der Waals surface area contributed by atoms with E-state index in [0.717, 1.165) is 28.2 Å². The van der Waals surface area contributed by atoms with Gasteiger partial charge in [0.25, 0.3) is 5.91 Å². The van der Waals surface area contributed by atoms with Gasteiger partial charge in [0.2, 0.25) is 0 Å². The second-order valence-corrected chi connectivity index (χ2v) is 9.32. The Balaban J connectivity index is 1.24. The Bertz CT molecular complexity index is 1450. The van der Waals surface area contributed by atoms with Crippen molar-refractivity contribution in [3.8, 4) is 17.0 Å². The van der Waals surface area contributed by atoms with Gasteiger partial charge >= 0.3 is 0 Å². The van der Waals surface area contributed by atoms with E-state index >= 15 is 0 Å². The number of nitrogens with zero attached hydrogens (tertiary/aromatic N) is 4. The summed E-state index contributed by atoms with van der Waals surface area (Å²) in [6.45, 7) is 8.64. The van der Waals surface area contributed by atoms with Crippen molar-refractivity contribution in [2.24, 2.45) is 0 Å². The Morgan fingerprint density at radius 1 is 1.11 bits per heavy atom. The van der Waals surface area contributed by atoms with Crippen molar-refractivity contribution in [1.29, 1.82) is 0 Å². The third kappa shape index (κ3) is 4.84. The van der Waals surface area contributed by atoms with Crippen LogP contribution in [0.3, 0.4) is 0 Å². The highest BCUT2D eigenvalue weighted by Gasteiger charge is 2.28. The molecule has 1 atom stereocenters. The number of benzene rings is 2. The van der Waals surface area contributed by atoms with Crippen molar-refractivity contribution < 1.29 is 13.9 Å². The predicted octanol–water partition coefficient (Wildman–Crippen LogP) is 4.49. The highest BCUT2D eigenvalue weighted by atomic mass is 19.1. The number of hydrogen-bond acceptors (Lipinski definition) is 5. The summed E-state index contributed by atoms with van der Waals surface area (Å²) in [5, 5.41) is 7.43. The molecule has 0 radical (unpaired) electrons. The highest BCUT2D eigenvalue weighted by Crippen LogP contribution is 2.39. The van der Waals surface area contributed by atoms with E-state index in [9.17, 15) is 9.18 Å². The molecule has 7 nitrogen and oxygen atoms in total. The van der Waals surface area contributed by atoms with Gasteiger partial charge in [0.05, 0.1) is 35.9 Å². The summed E-state index contributed by atoms with van der Waals surface area (Å²) in [6, 6.07) is 12.5. The monoisotopic (exact) mass is 485 g/mol. The molecule has 1 aliphatic heterocycles. The number of aryl methyl sites for hydroxylation is 4. The molecule has 1 amide bonds. The molecule has 0 fully saturated rings. The van der Waals surface area contributed by atoms with Gasteiger partial charge in [-0.05, 0) is 63.6 Å². The summed E-state index contributed by atoms with van der Waals surface area (Å²) in [4.78, 5) is 21.7. The molecule has 3 heterocycles. The van der Waals surface area contributed by atoms with Crippen LogP contribution in [0.1, 0.15) is 44.3 Å². The van der Waals surface area contributed by atoms with Gasteiger partial charge in [-0.2, -0.15) is 5.10 Å². The summed E-state index contributed by atoms with van der Waals surface area (Å²) in [6.07, 6.45) is 1.89. The number of ether oxygens (including phenoxy) is 1. The van der Waals surface area contributed by atoms with Gasteiger partial charge in [-0.25, -0.2) is 9.37 Å². The molecule has 1 N–H and O–H groups in total. The van der Waals surface area contributed by atoms with Crippen molar-refractivity contribution >= 4 is 5.91 Å². The molecular weight excluding hydrogens is 457 g/mol. The number of halogens is 1. The van der Waals surface area contributed by atoms with Crippen LogP contribution in [0.25, 0.3) is 11.3 Å². The van der Waals surface area contributed by atoms with Gasteiger partial charge in [0.15, 0.2) is 0 Å². The Morgan fingerprint density at radius 2 is 1.89 bits per heavy atom. The Kier molecular flexibility index (Phi) is 6.26. The van der Waals surface area contributed by atoms with Crippen molar-refractivity contribution in [1.82, 2.24) is 25.1 Å². The number of nitrogens with one attached hydrogen (secondary N) is 1. The van der Waals surface area contributed by atoms with Crippen LogP contribution in [0, 0.1) is 33.5 Å². The molecule has 0 saturated heterocycles. The number of fused-ring (bicyclic) bond motifs is 1. The van der Waals surface area contributed by atoms with E-state index in [0.29, 0.717) is 47.8 Å². The number of carbonyl (C=O) groups is 1. The Labute approximate surface area is 209 Å². The van der Waals surface area contributed by atoms with Crippen molar-refractivity contribution in [3.63, 3.8) is 0 Å². The molecule has 0 saturated carbocycles. The number of aromatic nitrogens is 4. The summed E-state index contributed by atoms with van der Waals surface area (Å²) in [5.74, 6) is 0.0754. The maximum absolute atomic E-state index is 14.4. The van der Waals surface area contributed by atoms with Crippen LogP contribution in [0.5, 0.6) is 5.75 Å². The number of hydrogen-bond donors (Lipinski definition) is 1. The standard InChI is InChI=1S/C28H28FN5O2/c1-16-9-18(3)34(33-16)15-20-5-7-21(8-6-20)28(35)31-14-24-11-22-10-23(29)12-25(27(22)36-24)26-19(4)30-13-17(2)32-26/h5-10,12-13,24H,11,14-15H2,1-4H3,(H,31,35). The first-order valence-corrected chi connectivity index (χ1v) is 11.9. The zero-order valence-electron chi connectivity index (χ0n) is 20.8. The molecule has 0 aliphatic carbocycles. The lowest BCUT2D eigenvalue weighted by molar-refractivity contribution is 0.0933.